The van der Waals surface area contributed by atoms with Gasteiger partial charge < -0.3 is 63.2 Å². The number of carboxylic acids is 2. The molecule has 6 atom stereocenters. The Morgan fingerprint density at radius 1 is 0.614 bits per heavy atom. The number of carboxylic acid groups (broad SMARTS) is 2. The third-order valence-corrected chi connectivity index (χ3v) is 5.69. The summed E-state index contributed by atoms with van der Waals surface area (Å²) in [5.74, 6) is -8.96. The Balaban J connectivity index is 5.29. The summed E-state index contributed by atoms with van der Waals surface area (Å²) in [4.78, 5) is 96.1. The summed E-state index contributed by atoms with van der Waals surface area (Å²) in [5, 5.41) is 58.8. The van der Waals surface area contributed by atoms with Crippen molar-refractivity contribution in [3.8, 4) is 0 Å². The Bertz CT molecular complexity index is 1060. The Labute approximate surface area is 251 Å². The second-order valence-corrected chi connectivity index (χ2v) is 9.97. The number of hydrogen-bond donors (Lipinski definition) is 12. The zero-order valence-electron chi connectivity index (χ0n) is 24.4. The lowest BCUT2D eigenvalue weighted by atomic mass is 10.0. The molecule has 20 nitrogen and oxygen atoms in total. The van der Waals surface area contributed by atoms with Crippen LogP contribution in [0.25, 0.3) is 0 Å². The molecule has 6 amide bonds. The van der Waals surface area contributed by atoms with E-state index in [9.17, 15) is 48.6 Å². The van der Waals surface area contributed by atoms with Gasteiger partial charge in [-0.3, -0.25) is 33.6 Å². The van der Waals surface area contributed by atoms with Gasteiger partial charge in [-0.25, -0.2) is 4.79 Å². The summed E-state index contributed by atoms with van der Waals surface area (Å²) < 4.78 is 0. The molecule has 0 saturated carbocycles. The topological polar surface area (TPSA) is 336 Å². The number of carbonyl (C=O) groups excluding carboxylic acids is 6. The highest BCUT2D eigenvalue weighted by Gasteiger charge is 2.31. The standard InChI is InChI=1S/C24H41N7O13/c1-10(2)4-13(21(40)26-6-17(35)28-16(9-34)24(43)44)29-22(41)15(8-33)31-23(42)14(7-32)30-19(38)11(3)27-20(39)12(25)5-18(36)37/h10-16,32-34H,4-9,25H2,1-3H3,(H,26,40)(H,27,39)(H,28,35)(H,29,41)(H,30,38)(H,31,42)(H,36,37)(H,43,44)/t11-,12-,13-,14-,15-,16-/m0/s1. The van der Waals surface area contributed by atoms with Gasteiger partial charge in [-0.05, 0) is 19.3 Å². The predicted molar refractivity (Wildman–Crippen MR) is 147 cm³/mol. The van der Waals surface area contributed by atoms with E-state index in [0.29, 0.717) is 0 Å². The molecule has 0 fully saturated rings. The largest absolute Gasteiger partial charge is 0.481 e. The first kappa shape index (κ1) is 39.6. The molecule has 44 heavy (non-hydrogen) atoms. The third-order valence-electron chi connectivity index (χ3n) is 5.69. The summed E-state index contributed by atoms with van der Waals surface area (Å²) in [6.45, 7) is 1.06. The lowest BCUT2D eigenvalue weighted by Gasteiger charge is -2.25. The molecule has 0 aromatic carbocycles. The number of aliphatic carboxylic acids is 2. The van der Waals surface area contributed by atoms with Crippen LogP contribution in [-0.2, 0) is 38.4 Å². The maximum absolute atomic E-state index is 12.8. The highest BCUT2D eigenvalue weighted by atomic mass is 16.4. The van der Waals surface area contributed by atoms with E-state index < -0.39 is 116 Å². The molecule has 0 unspecified atom stereocenters. The third kappa shape index (κ3) is 14.7. The number of carbonyl (C=O) groups is 8. The average Bonchev–Trinajstić information content (AvgIpc) is 2.94. The van der Waals surface area contributed by atoms with Crippen LogP contribution in [-0.4, -0.2) is 136 Å². The van der Waals surface area contributed by atoms with Gasteiger partial charge in [0.2, 0.25) is 35.4 Å². The van der Waals surface area contributed by atoms with E-state index in [4.69, 9.17) is 21.1 Å². The molecule has 0 aromatic heterocycles. The minimum atomic E-state index is -1.67. The van der Waals surface area contributed by atoms with Crippen LogP contribution < -0.4 is 37.6 Å². The fourth-order valence-electron chi connectivity index (χ4n) is 3.32. The van der Waals surface area contributed by atoms with Gasteiger partial charge in [0.15, 0.2) is 0 Å². The van der Waals surface area contributed by atoms with Gasteiger partial charge in [0, 0.05) is 0 Å². The molecule has 250 valence electrons. The predicted octanol–water partition coefficient (Wildman–Crippen LogP) is -6.54. The summed E-state index contributed by atoms with van der Waals surface area (Å²) in [5.41, 5.74) is 5.42. The lowest BCUT2D eigenvalue weighted by Crippen LogP contribution is -2.60. The van der Waals surface area contributed by atoms with E-state index in [2.05, 4.69) is 26.6 Å². The van der Waals surface area contributed by atoms with E-state index in [1.165, 1.54) is 6.92 Å². The van der Waals surface area contributed by atoms with Crippen LogP contribution in [0.4, 0.5) is 0 Å². The van der Waals surface area contributed by atoms with E-state index >= 15 is 0 Å². The number of aliphatic hydroxyl groups is 3. The van der Waals surface area contributed by atoms with Crippen LogP contribution in [0, 0.1) is 5.92 Å². The first-order chi connectivity index (χ1) is 20.5. The van der Waals surface area contributed by atoms with E-state index in [0.717, 1.165) is 0 Å². The fourth-order valence-corrected chi connectivity index (χ4v) is 3.32. The van der Waals surface area contributed by atoms with Gasteiger partial charge in [0.1, 0.15) is 30.2 Å². The molecule has 0 bridgehead atoms. The van der Waals surface area contributed by atoms with Gasteiger partial charge >= 0.3 is 11.9 Å². The van der Waals surface area contributed by atoms with Crippen LogP contribution in [0.15, 0.2) is 0 Å². The van der Waals surface area contributed by atoms with Crippen LogP contribution >= 0.6 is 0 Å². The summed E-state index contributed by atoms with van der Waals surface area (Å²) >= 11 is 0. The SMILES string of the molecule is CC(C)C[C@H](NC(=O)[C@H](CO)NC(=O)[C@H](CO)NC(=O)[C@H](C)NC(=O)[C@@H](N)CC(=O)O)C(=O)NCC(=O)N[C@@H](CO)C(=O)O. The summed E-state index contributed by atoms with van der Waals surface area (Å²) in [6.07, 6.45) is -0.673. The van der Waals surface area contributed by atoms with Gasteiger partial charge in [-0.1, -0.05) is 13.8 Å². The number of hydrogen-bond acceptors (Lipinski definition) is 12. The van der Waals surface area contributed by atoms with Crippen molar-refractivity contribution in [2.24, 2.45) is 11.7 Å². The monoisotopic (exact) mass is 635 g/mol. The van der Waals surface area contributed by atoms with Crippen molar-refractivity contribution < 1.29 is 63.9 Å². The second kappa shape index (κ2) is 19.7. The van der Waals surface area contributed by atoms with Crippen LogP contribution in [0.2, 0.25) is 0 Å². The molecule has 0 radical (unpaired) electrons. The molecule has 0 rings (SSSR count). The highest BCUT2D eigenvalue weighted by molar-refractivity contribution is 5.96. The van der Waals surface area contributed by atoms with Gasteiger partial charge in [-0.15, -0.1) is 0 Å². The minimum Gasteiger partial charge on any atom is -0.481 e. The van der Waals surface area contributed by atoms with Crippen molar-refractivity contribution in [3.05, 3.63) is 0 Å². The van der Waals surface area contributed by atoms with Crippen molar-refractivity contribution in [1.29, 1.82) is 0 Å². The Morgan fingerprint density at radius 2 is 1.09 bits per heavy atom. The summed E-state index contributed by atoms with van der Waals surface area (Å²) in [7, 11) is 0. The normalized spacial score (nSPS) is 14.9. The molecule has 0 aromatic rings. The first-order valence-electron chi connectivity index (χ1n) is 13.3. The number of nitrogens with one attached hydrogen (secondary N) is 6. The van der Waals surface area contributed by atoms with Crippen LogP contribution in [0.3, 0.4) is 0 Å². The van der Waals surface area contributed by atoms with Crippen molar-refractivity contribution in [2.75, 3.05) is 26.4 Å². The maximum Gasteiger partial charge on any atom is 0.328 e. The lowest BCUT2D eigenvalue weighted by molar-refractivity contribution is -0.143. The zero-order valence-corrected chi connectivity index (χ0v) is 24.4. The van der Waals surface area contributed by atoms with Crippen molar-refractivity contribution in [3.63, 3.8) is 0 Å². The molecule has 0 aliphatic carbocycles. The number of aliphatic hydroxyl groups excluding tert-OH is 3. The Kier molecular flexibility index (Phi) is 17.8. The van der Waals surface area contributed by atoms with Crippen LogP contribution in [0.1, 0.15) is 33.6 Å². The molecule has 20 heteroatoms. The van der Waals surface area contributed by atoms with Gasteiger partial charge in [-0.2, -0.15) is 0 Å². The van der Waals surface area contributed by atoms with Gasteiger partial charge in [0.05, 0.1) is 38.8 Å². The molecule has 0 saturated heterocycles. The first-order valence-corrected chi connectivity index (χ1v) is 13.3. The van der Waals surface area contributed by atoms with Crippen molar-refractivity contribution in [1.82, 2.24) is 31.9 Å². The average molecular weight is 636 g/mol. The molecule has 0 spiro atoms. The van der Waals surface area contributed by atoms with Gasteiger partial charge in [0.25, 0.3) is 0 Å². The maximum atomic E-state index is 12.8. The zero-order chi connectivity index (χ0) is 34.1. The highest BCUT2D eigenvalue weighted by Crippen LogP contribution is 2.06. The minimum absolute atomic E-state index is 0.0364. The quantitative estimate of drug-likeness (QED) is 0.0592. The number of nitrogens with two attached hydrogens (primary N) is 1. The smallest absolute Gasteiger partial charge is 0.328 e. The van der Waals surface area contributed by atoms with Crippen LogP contribution in [0.5, 0.6) is 0 Å². The molecular weight excluding hydrogens is 594 g/mol. The second-order valence-electron chi connectivity index (χ2n) is 9.97. The fraction of sp³-hybridized carbons (Fsp3) is 0.667. The molecule has 0 heterocycles. The molecular formula is C24H41N7O13. The molecule has 0 aliphatic rings. The number of rotatable bonds is 20. The Hall–Kier alpha value is -4.40. The van der Waals surface area contributed by atoms with E-state index in [1.54, 1.807) is 13.8 Å². The van der Waals surface area contributed by atoms with E-state index in [1.807, 2.05) is 5.32 Å². The van der Waals surface area contributed by atoms with Crippen molar-refractivity contribution in [2.45, 2.75) is 69.9 Å². The summed E-state index contributed by atoms with van der Waals surface area (Å²) in [6, 6.07) is -9.00. The molecule has 0 aliphatic heterocycles. The Morgan fingerprint density at radius 3 is 1.52 bits per heavy atom. The van der Waals surface area contributed by atoms with E-state index in [-0.39, 0.29) is 12.3 Å². The number of amides is 6. The molecule has 13 N–H and O–H groups in total. The van der Waals surface area contributed by atoms with Crippen molar-refractivity contribution >= 4 is 47.4 Å².